The number of piperidine rings is 1. The highest BCUT2D eigenvalue weighted by Crippen LogP contribution is 2.25. The lowest BCUT2D eigenvalue weighted by Crippen LogP contribution is -2.42. The van der Waals surface area contributed by atoms with E-state index in [1.165, 1.54) is 16.4 Å². The molecule has 2 heterocycles. The Morgan fingerprint density at radius 1 is 1.06 bits per heavy atom. The normalized spacial score (nSPS) is 20.0. The van der Waals surface area contributed by atoms with E-state index in [9.17, 15) is 13.2 Å². The van der Waals surface area contributed by atoms with Crippen LogP contribution in [0.25, 0.3) is 0 Å². The van der Waals surface area contributed by atoms with Crippen molar-refractivity contribution in [2.45, 2.75) is 43.2 Å². The van der Waals surface area contributed by atoms with Crippen molar-refractivity contribution in [3.8, 4) is 5.75 Å². The van der Waals surface area contributed by atoms with Crippen LogP contribution < -0.4 is 10.1 Å². The van der Waals surface area contributed by atoms with Gasteiger partial charge >= 0.3 is 0 Å². The molecule has 4 rings (SSSR count). The smallest absolute Gasteiger partial charge is 0.243 e. The third-order valence-corrected chi connectivity index (χ3v) is 8.29. The van der Waals surface area contributed by atoms with Gasteiger partial charge in [-0.05, 0) is 67.6 Å². The fourth-order valence-corrected chi connectivity index (χ4v) is 5.71. The number of nitrogens with zero attached hydrogens (tertiary/aromatic N) is 1. The summed E-state index contributed by atoms with van der Waals surface area (Å²) < 4.78 is 38.4. The molecule has 0 bridgehead atoms. The summed E-state index contributed by atoms with van der Waals surface area (Å²) >= 11 is 5.86. The maximum Gasteiger partial charge on any atom is 0.243 e. The summed E-state index contributed by atoms with van der Waals surface area (Å²) in [6.45, 7) is 2.43. The SMILES string of the molecule is O=C(NCc1ccc(OCC2CCCO2)cc1)C1CCN(S(=O)(=O)c2ccc(Cl)cc2)CC1. The summed E-state index contributed by atoms with van der Waals surface area (Å²) in [4.78, 5) is 12.8. The third-order valence-electron chi connectivity index (χ3n) is 6.13. The number of carbonyl (C=O) groups is 1. The highest BCUT2D eigenvalue weighted by atomic mass is 35.5. The van der Waals surface area contributed by atoms with Gasteiger partial charge in [0, 0.05) is 37.2 Å². The van der Waals surface area contributed by atoms with Crippen LogP contribution in [0.15, 0.2) is 53.4 Å². The van der Waals surface area contributed by atoms with E-state index in [2.05, 4.69) is 5.32 Å². The zero-order chi connectivity index (χ0) is 23.3. The number of rotatable bonds is 8. The molecule has 0 saturated carbocycles. The topological polar surface area (TPSA) is 84.9 Å². The first kappa shape index (κ1) is 24.0. The van der Waals surface area contributed by atoms with Crippen LogP contribution in [-0.4, -0.2) is 51.0 Å². The summed E-state index contributed by atoms with van der Waals surface area (Å²) in [6, 6.07) is 13.8. The second-order valence-electron chi connectivity index (χ2n) is 8.44. The van der Waals surface area contributed by atoms with Gasteiger partial charge in [-0.1, -0.05) is 23.7 Å². The third kappa shape index (κ3) is 6.26. The van der Waals surface area contributed by atoms with Crippen LogP contribution in [0.3, 0.4) is 0 Å². The van der Waals surface area contributed by atoms with Crippen molar-refractivity contribution in [3.05, 3.63) is 59.1 Å². The molecular weight excluding hydrogens is 464 g/mol. The lowest BCUT2D eigenvalue weighted by atomic mass is 9.97. The lowest BCUT2D eigenvalue weighted by molar-refractivity contribution is -0.126. The monoisotopic (exact) mass is 492 g/mol. The van der Waals surface area contributed by atoms with Crippen molar-refractivity contribution >= 4 is 27.5 Å². The molecule has 2 aromatic carbocycles. The van der Waals surface area contributed by atoms with Crippen LogP contribution >= 0.6 is 11.6 Å². The molecule has 2 aromatic rings. The first-order chi connectivity index (χ1) is 15.9. The summed E-state index contributed by atoms with van der Waals surface area (Å²) in [5, 5.41) is 3.46. The fraction of sp³-hybridized carbons (Fsp3) is 0.458. The quantitative estimate of drug-likeness (QED) is 0.608. The number of amides is 1. The van der Waals surface area contributed by atoms with E-state index >= 15 is 0 Å². The van der Waals surface area contributed by atoms with Crippen LogP contribution in [0.1, 0.15) is 31.2 Å². The molecule has 0 radical (unpaired) electrons. The minimum Gasteiger partial charge on any atom is -0.491 e. The molecule has 2 saturated heterocycles. The summed E-state index contributed by atoms with van der Waals surface area (Å²) in [5.41, 5.74) is 0.982. The maximum atomic E-state index is 12.8. The van der Waals surface area contributed by atoms with E-state index in [0.717, 1.165) is 30.8 Å². The predicted octanol–water partition coefficient (Wildman–Crippen LogP) is 3.61. The predicted molar refractivity (Wildman–Crippen MR) is 126 cm³/mol. The highest BCUT2D eigenvalue weighted by Gasteiger charge is 2.32. The van der Waals surface area contributed by atoms with Gasteiger partial charge in [-0.25, -0.2) is 8.42 Å². The van der Waals surface area contributed by atoms with Gasteiger partial charge in [-0.15, -0.1) is 0 Å². The lowest BCUT2D eigenvalue weighted by Gasteiger charge is -2.30. The Morgan fingerprint density at radius 2 is 1.76 bits per heavy atom. The van der Waals surface area contributed by atoms with Gasteiger partial charge in [0.05, 0.1) is 11.0 Å². The van der Waals surface area contributed by atoms with E-state index in [0.29, 0.717) is 44.1 Å². The second-order valence-corrected chi connectivity index (χ2v) is 10.8. The molecule has 1 N–H and O–H groups in total. The van der Waals surface area contributed by atoms with Crippen LogP contribution in [0.5, 0.6) is 5.75 Å². The Morgan fingerprint density at radius 3 is 2.39 bits per heavy atom. The minimum atomic E-state index is -3.57. The van der Waals surface area contributed by atoms with E-state index in [4.69, 9.17) is 21.1 Å². The Kier molecular flexibility index (Phi) is 7.90. The number of nitrogens with one attached hydrogen (secondary N) is 1. The van der Waals surface area contributed by atoms with Gasteiger partial charge in [0.25, 0.3) is 0 Å². The molecule has 9 heteroatoms. The summed E-state index contributed by atoms with van der Waals surface area (Å²) in [6.07, 6.45) is 3.29. The molecule has 0 aliphatic carbocycles. The number of carbonyl (C=O) groups excluding carboxylic acids is 1. The molecule has 178 valence electrons. The molecule has 33 heavy (non-hydrogen) atoms. The van der Waals surface area contributed by atoms with Crippen molar-refractivity contribution in [2.75, 3.05) is 26.3 Å². The van der Waals surface area contributed by atoms with Gasteiger partial charge in [-0.3, -0.25) is 4.79 Å². The van der Waals surface area contributed by atoms with Crippen LogP contribution in [0.4, 0.5) is 0 Å². The molecule has 1 amide bonds. The van der Waals surface area contributed by atoms with Gasteiger partial charge in [0.15, 0.2) is 0 Å². The number of sulfonamides is 1. The Bertz CT molecular complexity index is 1030. The van der Waals surface area contributed by atoms with Gasteiger partial charge < -0.3 is 14.8 Å². The zero-order valence-corrected chi connectivity index (χ0v) is 20.0. The number of ether oxygens (including phenoxy) is 2. The minimum absolute atomic E-state index is 0.0442. The van der Waals surface area contributed by atoms with E-state index in [1.807, 2.05) is 24.3 Å². The van der Waals surface area contributed by atoms with Crippen molar-refractivity contribution in [1.82, 2.24) is 9.62 Å². The molecule has 7 nitrogen and oxygen atoms in total. The Balaban J connectivity index is 1.22. The average molecular weight is 493 g/mol. The molecule has 0 aromatic heterocycles. The van der Waals surface area contributed by atoms with E-state index < -0.39 is 10.0 Å². The van der Waals surface area contributed by atoms with Gasteiger partial charge in [0.1, 0.15) is 12.4 Å². The largest absolute Gasteiger partial charge is 0.491 e. The molecule has 1 unspecified atom stereocenters. The number of halogens is 1. The van der Waals surface area contributed by atoms with Gasteiger partial charge in [-0.2, -0.15) is 4.31 Å². The Hall–Kier alpha value is -2.13. The standard InChI is InChI=1S/C24H29ClN2O5S/c25-20-5-9-23(10-6-20)33(29,30)27-13-11-19(12-14-27)24(28)26-16-18-3-7-21(8-4-18)32-17-22-2-1-15-31-22/h3-10,19,22H,1-2,11-17H2,(H,26,28). The zero-order valence-electron chi connectivity index (χ0n) is 18.4. The van der Waals surface area contributed by atoms with Crippen LogP contribution in [-0.2, 0) is 26.1 Å². The van der Waals surface area contributed by atoms with Crippen molar-refractivity contribution in [1.29, 1.82) is 0 Å². The molecule has 2 fully saturated rings. The second kappa shape index (κ2) is 10.9. The van der Waals surface area contributed by atoms with Crippen molar-refractivity contribution in [3.63, 3.8) is 0 Å². The number of benzene rings is 2. The van der Waals surface area contributed by atoms with Crippen LogP contribution in [0, 0.1) is 5.92 Å². The number of hydrogen-bond donors (Lipinski definition) is 1. The first-order valence-electron chi connectivity index (χ1n) is 11.3. The maximum absolute atomic E-state index is 12.8. The van der Waals surface area contributed by atoms with E-state index in [-0.39, 0.29) is 22.8 Å². The van der Waals surface area contributed by atoms with E-state index in [1.54, 1.807) is 12.1 Å². The van der Waals surface area contributed by atoms with Gasteiger partial charge in [0.2, 0.25) is 15.9 Å². The molecule has 0 spiro atoms. The molecule has 2 aliphatic rings. The van der Waals surface area contributed by atoms with Crippen molar-refractivity contribution < 1.29 is 22.7 Å². The molecule has 2 aliphatic heterocycles. The first-order valence-corrected chi connectivity index (χ1v) is 13.1. The van der Waals surface area contributed by atoms with Crippen molar-refractivity contribution in [2.24, 2.45) is 5.92 Å². The highest BCUT2D eigenvalue weighted by molar-refractivity contribution is 7.89. The average Bonchev–Trinajstić information content (AvgIpc) is 3.36. The molecule has 1 atom stereocenters. The summed E-state index contributed by atoms with van der Waals surface area (Å²) in [7, 11) is -3.57. The summed E-state index contributed by atoms with van der Waals surface area (Å²) in [5.74, 6) is 0.544. The molecular formula is C24H29ClN2O5S. The Labute approximate surface area is 200 Å². The van der Waals surface area contributed by atoms with Crippen LogP contribution in [0.2, 0.25) is 5.02 Å². The number of hydrogen-bond acceptors (Lipinski definition) is 5. The fourth-order valence-electron chi connectivity index (χ4n) is 4.12.